The second-order valence-corrected chi connectivity index (χ2v) is 4.98. The molecule has 0 amide bonds. The highest BCUT2D eigenvalue weighted by Crippen LogP contribution is 2.20. The number of carbonyl (C=O) groups is 1. The fraction of sp³-hybridized carbons (Fsp3) is 0.500. The number of fused-ring (bicyclic) bond motifs is 1. The van der Waals surface area contributed by atoms with Crippen LogP contribution in [0.2, 0.25) is 0 Å². The molecule has 2 heterocycles. The fourth-order valence-electron chi connectivity index (χ4n) is 1.88. The van der Waals surface area contributed by atoms with Gasteiger partial charge in [-0.3, -0.25) is 9.20 Å². The Bertz CT molecular complexity index is 559. The van der Waals surface area contributed by atoms with E-state index in [1.807, 2.05) is 6.92 Å². The Morgan fingerprint density at radius 2 is 2.33 bits per heavy atom. The molecular weight excluding hydrogens is 250 g/mol. The van der Waals surface area contributed by atoms with Crippen LogP contribution in [0.25, 0.3) is 4.96 Å². The van der Waals surface area contributed by atoms with Crippen LogP contribution in [0, 0.1) is 13.8 Å². The minimum Gasteiger partial charge on any atom is -0.469 e. The first kappa shape index (κ1) is 13.0. The SMILES string of the molecule is COC(=O)CCNCc1c(C)nc2scc(C)n12. The van der Waals surface area contributed by atoms with E-state index in [0.717, 1.165) is 16.3 Å². The van der Waals surface area contributed by atoms with Crippen molar-refractivity contribution in [2.24, 2.45) is 0 Å². The normalized spacial score (nSPS) is 11.1. The van der Waals surface area contributed by atoms with Crippen molar-refractivity contribution in [1.29, 1.82) is 0 Å². The molecule has 2 rings (SSSR count). The zero-order valence-corrected chi connectivity index (χ0v) is 11.6. The number of methoxy groups -OCH3 is 1. The molecule has 0 atom stereocenters. The van der Waals surface area contributed by atoms with Gasteiger partial charge in [0.05, 0.1) is 24.9 Å². The number of rotatable bonds is 5. The Kier molecular flexibility index (Phi) is 3.98. The summed E-state index contributed by atoms with van der Waals surface area (Å²) in [6, 6.07) is 0. The summed E-state index contributed by atoms with van der Waals surface area (Å²) in [4.78, 5) is 16.5. The van der Waals surface area contributed by atoms with E-state index < -0.39 is 0 Å². The molecule has 2 aromatic heterocycles. The molecule has 0 spiro atoms. The average molecular weight is 267 g/mol. The number of carbonyl (C=O) groups excluding carboxylic acids is 1. The fourth-order valence-corrected chi connectivity index (χ4v) is 2.81. The Morgan fingerprint density at radius 3 is 3.06 bits per heavy atom. The van der Waals surface area contributed by atoms with Gasteiger partial charge in [0.25, 0.3) is 0 Å². The molecule has 0 unspecified atom stereocenters. The van der Waals surface area contributed by atoms with Gasteiger partial charge in [-0.15, -0.1) is 11.3 Å². The third-order valence-electron chi connectivity index (χ3n) is 2.86. The Balaban J connectivity index is 2.01. The topological polar surface area (TPSA) is 55.6 Å². The number of ether oxygens (including phenoxy) is 1. The van der Waals surface area contributed by atoms with Crippen LogP contribution in [-0.4, -0.2) is 29.0 Å². The lowest BCUT2D eigenvalue weighted by molar-refractivity contribution is -0.140. The predicted molar refractivity (Wildman–Crippen MR) is 70.9 cm³/mol. The van der Waals surface area contributed by atoms with Crippen LogP contribution < -0.4 is 5.32 Å². The highest BCUT2D eigenvalue weighted by molar-refractivity contribution is 7.15. The number of thiazole rings is 1. The van der Waals surface area contributed by atoms with Crippen molar-refractivity contribution >= 4 is 22.3 Å². The molecule has 0 bridgehead atoms. The van der Waals surface area contributed by atoms with Crippen LogP contribution >= 0.6 is 11.3 Å². The molecule has 18 heavy (non-hydrogen) atoms. The molecule has 0 fully saturated rings. The molecule has 5 nitrogen and oxygen atoms in total. The summed E-state index contributed by atoms with van der Waals surface area (Å²) in [7, 11) is 1.40. The maximum absolute atomic E-state index is 11.0. The number of nitrogens with one attached hydrogen (secondary N) is 1. The molecule has 98 valence electrons. The van der Waals surface area contributed by atoms with Crippen molar-refractivity contribution in [2.45, 2.75) is 26.8 Å². The maximum atomic E-state index is 11.0. The van der Waals surface area contributed by atoms with E-state index in [2.05, 4.69) is 31.7 Å². The standard InChI is InChI=1S/C12H17N3O2S/c1-8-7-18-12-14-9(2)10(15(8)12)6-13-5-4-11(16)17-3/h7,13H,4-6H2,1-3H3. The van der Waals surface area contributed by atoms with Crippen LogP contribution in [0.1, 0.15) is 23.5 Å². The van der Waals surface area contributed by atoms with Crippen LogP contribution in [0.5, 0.6) is 0 Å². The van der Waals surface area contributed by atoms with Crippen LogP contribution in [0.4, 0.5) is 0 Å². The highest BCUT2D eigenvalue weighted by Gasteiger charge is 2.11. The summed E-state index contributed by atoms with van der Waals surface area (Å²) >= 11 is 1.65. The van der Waals surface area contributed by atoms with E-state index in [1.54, 1.807) is 11.3 Å². The van der Waals surface area contributed by atoms with Crippen molar-refractivity contribution < 1.29 is 9.53 Å². The van der Waals surface area contributed by atoms with Crippen molar-refractivity contribution in [2.75, 3.05) is 13.7 Å². The summed E-state index contributed by atoms with van der Waals surface area (Å²) < 4.78 is 6.75. The molecule has 2 aromatic rings. The minimum atomic E-state index is -0.190. The van der Waals surface area contributed by atoms with E-state index in [4.69, 9.17) is 0 Å². The van der Waals surface area contributed by atoms with Crippen molar-refractivity contribution in [3.8, 4) is 0 Å². The number of hydrogen-bond donors (Lipinski definition) is 1. The van der Waals surface area contributed by atoms with Gasteiger partial charge in [0, 0.05) is 24.2 Å². The minimum absolute atomic E-state index is 0.190. The summed E-state index contributed by atoms with van der Waals surface area (Å²) in [6.45, 7) is 5.41. The number of aromatic nitrogens is 2. The number of hydrogen-bond acceptors (Lipinski definition) is 5. The lowest BCUT2D eigenvalue weighted by Crippen LogP contribution is -2.19. The Morgan fingerprint density at radius 1 is 1.56 bits per heavy atom. The second-order valence-electron chi connectivity index (χ2n) is 4.14. The number of esters is 1. The monoisotopic (exact) mass is 267 g/mol. The second kappa shape index (κ2) is 5.49. The Labute approximate surface area is 110 Å². The van der Waals surface area contributed by atoms with E-state index in [-0.39, 0.29) is 5.97 Å². The van der Waals surface area contributed by atoms with E-state index in [1.165, 1.54) is 12.8 Å². The molecule has 6 heteroatoms. The summed E-state index contributed by atoms with van der Waals surface area (Å²) in [5, 5.41) is 5.34. The molecule has 0 radical (unpaired) electrons. The molecule has 0 aliphatic carbocycles. The largest absolute Gasteiger partial charge is 0.469 e. The van der Waals surface area contributed by atoms with Gasteiger partial charge < -0.3 is 10.1 Å². The first-order valence-corrected chi connectivity index (χ1v) is 6.71. The average Bonchev–Trinajstić information content (AvgIpc) is 2.85. The van der Waals surface area contributed by atoms with Gasteiger partial charge in [-0.2, -0.15) is 0 Å². The van der Waals surface area contributed by atoms with E-state index in [9.17, 15) is 4.79 Å². The summed E-state index contributed by atoms with van der Waals surface area (Å²) in [6.07, 6.45) is 0.389. The van der Waals surface area contributed by atoms with Gasteiger partial charge in [0.15, 0.2) is 4.96 Å². The van der Waals surface area contributed by atoms with Crippen LogP contribution in [0.3, 0.4) is 0 Å². The molecular formula is C12H17N3O2S. The van der Waals surface area contributed by atoms with Crippen molar-refractivity contribution in [3.63, 3.8) is 0 Å². The molecule has 1 N–H and O–H groups in total. The number of nitrogens with zero attached hydrogens (tertiary/aromatic N) is 2. The first-order chi connectivity index (χ1) is 8.63. The van der Waals surface area contributed by atoms with Gasteiger partial charge in [-0.25, -0.2) is 4.98 Å². The van der Waals surface area contributed by atoms with Crippen molar-refractivity contribution in [1.82, 2.24) is 14.7 Å². The Hall–Kier alpha value is -1.40. The maximum Gasteiger partial charge on any atom is 0.306 e. The molecule has 0 saturated heterocycles. The molecule has 0 aliphatic heterocycles. The van der Waals surface area contributed by atoms with Gasteiger partial charge in [0.2, 0.25) is 0 Å². The zero-order chi connectivity index (χ0) is 13.1. The highest BCUT2D eigenvalue weighted by atomic mass is 32.1. The lowest BCUT2D eigenvalue weighted by Gasteiger charge is -2.05. The van der Waals surface area contributed by atoms with Crippen LogP contribution in [0.15, 0.2) is 5.38 Å². The van der Waals surface area contributed by atoms with E-state index in [0.29, 0.717) is 19.5 Å². The summed E-state index contributed by atoms with van der Waals surface area (Å²) in [5.74, 6) is -0.190. The molecule has 0 saturated carbocycles. The third kappa shape index (κ3) is 2.54. The lowest BCUT2D eigenvalue weighted by atomic mass is 10.3. The van der Waals surface area contributed by atoms with Gasteiger partial charge in [0.1, 0.15) is 0 Å². The number of aryl methyl sites for hydroxylation is 2. The summed E-state index contributed by atoms with van der Waals surface area (Å²) in [5.41, 5.74) is 3.39. The zero-order valence-electron chi connectivity index (χ0n) is 10.8. The smallest absolute Gasteiger partial charge is 0.306 e. The molecule has 0 aliphatic rings. The van der Waals surface area contributed by atoms with Gasteiger partial charge in [-0.05, 0) is 13.8 Å². The van der Waals surface area contributed by atoms with E-state index >= 15 is 0 Å². The van der Waals surface area contributed by atoms with Crippen molar-refractivity contribution in [3.05, 3.63) is 22.5 Å². The first-order valence-electron chi connectivity index (χ1n) is 5.83. The predicted octanol–water partition coefficient (Wildman–Crippen LogP) is 1.67. The molecule has 0 aromatic carbocycles. The quantitative estimate of drug-likeness (QED) is 0.661. The van der Waals surface area contributed by atoms with Gasteiger partial charge >= 0.3 is 5.97 Å². The number of imidazole rings is 1. The van der Waals surface area contributed by atoms with Gasteiger partial charge in [-0.1, -0.05) is 0 Å². The van der Waals surface area contributed by atoms with Crippen LogP contribution in [-0.2, 0) is 16.1 Å². The third-order valence-corrected chi connectivity index (χ3v) is 3.80.